The van der Waals surface area contributed by atoms with E-state index in [9.17, 15) is 19.8 Å². The van der Waals surface area contributed by atoms with Crippen LogP contribution in [0, 0.1) is 0 Å². The van der Waals surface area contributed by atoms with E-state index in [1.165, 1.54) is 101 Å². The van der Waals surface area contributed by atoms with Gasteiger partial charge in [0.2, 0.25) is 0 Å². The van der Waals surface area contributed by atoms with E-state index >= 15 is 0 Å². The van der Waals surface area contributed by atoms with E-state index in [0.717, 1.165) is 0 Å². The molecule has 0 fully saturated rings. The maximum Gasteiger partial charge on any atom is 2.00 e. The summed E-state index contributed by atoms with van der Waals surface area (Å²) >= 11 is 0. The molecule has 0 aromatic heterocycles. The van der Waals surface area contributed by atoms with Crippen molar-refractivity contribution >= 4 is 35.8 Å². The van der Waals surface area contributed by atoms with E-state index in [2.05, 4.69) is 27.7 Å². The van der Waals surface area contributed by atoms with Gasteiger partial charge in [-0.15, -0.1) is 0 Å². The average molecular weight is 589 g/mol. The molecular formula is C30H46O4Sn. The van der Waals surface area contributed by atoms with Gasteiger partial charge >= 0.3 is 23.9 Å². The van der Waals surface area contributed by atoms with E-state index in [4.69, 9.17) is 0 Å². The number of aromatic carboxylic acids is 2. The third kappa shape index (κ3) is 28.3. The molecule has 0 aliphatic rings. The van der Waals surface area contributed by atoms with Gasteiger partial charge in [-0.25, -0.2) is 0 Å². The summed E-state index contributed by atoms with van der Waals surface area (Å²) in [5, 5.41) is 20.2. The summed E-state index contributed by atoms with van der Waals surface area (Å²) in [6.07, 6.45) is 17.0. The smallest absolute Gasteiger partial charge is 0.545 e. The van der Waals surface area contributed by atoms with E-state index in [0.29, 0.717) is 0 Å². The molecule has 0 saturated heterocycles. The number of carbonyl (C=O) groups excluding carboxylic acids is 2. The van der Waals surface area contributed by atoms with Gasteiger partial charge in [0, 0.05) is 0 Å². The Morgan fingerprint density at radius 2 is 0.714 bits per heavy atom. The first-order valence-electron chi connectivity index (χ1n) is 13.0. The second-order valence-electron chi connectivity index (χ2n) is 8.14. The zero-order chi connectivity index (χ0) is 25.9. The van der Waals surface area contributed by atoms with Crippen LogP contribution in [-0.2, 0) is 0 Å². The van der Waals surface area contributed by atoms with Crippen molar-refractivity contribution in [3.05, 3.63) is 71.8 Å². The maximum atomic E-state index is 10.1. The Hall–Kier alpha value is -1.82. The Labute approximate surface area is 231 Å². The van der Waals surface area contributed by atoms with Crippen LogP contribution in [0.3, 0.4) is 0 Å². The number of hydrogen-bond acceptors (Lipinski definition) is 4. The number of carboxylic acid groups (broad SMARTS) is 2. The number of carbonyl (C=O) groups is 2. The van der Waals surface area contributed by atoms with Gasteiger partial charge in [-0.3, -0.25) is 0 Å². The van der Waals surface area contributed by atoms with Crippen molar-refractivity contribution in [3.8, 4) is 0 Å². The molecule has 2 aromatic carbocycles. The van der Waals surface area contributed by atoms with Crippen molar-refractivity contribution < 1.29 is 19.8 Å². The Balaban J connectivity index is -0.000000387. The van der Waals surface area contributed by atoms with Crippen LogP contribution in [0.2, 0.25) is 0 Å². The monoisotopic (exact) mass is 590 g/mol. The number of unbranched alkanes of at least 4 members (excludes halogenated alkanes) is 10. The second-order valence-corrected chi connectivity index (χ2v) is 8.14. The Morgan fingerprint density at radius 3 is 0.857 bits per heavy atom. The zero-order valence-electron chi connectivity index (χ0n) is 22.4. The number of carboxylic acids is 2. The minimum atomic E-state index is -1.13. The van der Waals surface area contributed by atoms with Crippen LogP contribution in [0.25, 0.3) is 0 Å². The zero-order valence-corrected chi connectivity index (χ0v) is 25.2. The fourth-order valence-electron chi connectivity index (χ4n) is 2.86. The van der Waals surface area contributed by atoms with E-state index < -0.39 is 11.9 Å². The summed E-state index contributed by atoms with van der Waals surface area (Å²) in [4.78, 5) is 20.2. The summed E-state index contributed by atoms with van der Waals surface area (Å²) in [6, 6.07) is 16.1. The molecule has 5 heteroatoms. The molecule has 0 aliphatic carbocycles. The molecular weight excluding hydrogens is 543 g/mol. The fourth-order valence-corrected chi connectivity index (χ4v) is 2.86. The standard InChI is InChI=1S/2C8H18.2C7H6O2.Sn/c2*1-3-5-7-8-6-4-2;2*8-7(9)6-4-2-1-3-5-6;/h2*3-8H2,1-2H3;2*1-5H,(H,8,9);/q;;;;+2/p-2. The number of hydrogen-bond donors (Lipinski definition) is 0. The molecule has 0 amide bonds. The quantitative estimate of drug-likeness (QED) is 0.211. The molecule has 0 heterocycles. The number of rotatable bonds is 12. The molecule has 4 nitrogen and oxygen atoms in total. The molecule has 0 bridgehead atoms. The van der Waals surface area contributed by atoms with Crippen molar-refractivity contribution in [1.82, 2.24) is 0 Å². The summed E-state index contributed by atoms with van der Waals surface area (Å²) < 4.78 is 0. The van der Waals surface area contributed by atoms with Gasteiger partial charge < -0.3 is 19.8 Å². The molecule has 0 atom stereocenters. The maximum absolute atomic E-state index is 10.1. The predicted molar refractivity (Wildman–Crippen MR) is 145 cm³/mol. The van der Waals surface area contributed by atoms with Crippen LogP contribution in [0.4, 0.5) is 0 Å². The molecule has 0 N–H and O–H groups in total. The second kappa shape index (κ2) is 30.2. The minimum absolute atomic E-state index is 0. The molecule has 35 heavy (non-hydrogen) atoms. The molecule has 194 valence electrons. The van der Waals surface area contributed by atoms with Crippen molar-refractivity contribution in [2.24, 2.45) is 0 Å². The van der Waals surface area contributed by atoms with E-state index in [-0.39, 0.29) is 35.0 Å². The van der Waals surface area contributed by atoms with Gasteiger partial charge in [-0.1, -0.05) is 165 Å². The first-order chi connectivity index (χ1) is 16.4. The van der Waals surface area contributed by atoms with Crippen molar-refractivity contribution in [2.75, 3.05) is 0 Å². The topological polar surface area (TPSA) is 80.3 Å². The summed E-state index contributed by atoms with van der Waals surface area (Å²) in [6.45, 7) is 9.02. The van der Waals surface area contributed by atoms with Gasteiger partial charge in [-0.05, 0) is 11.1 Å². The normalized spacial score (nSPS) is 9.03. The van der Waals surface area contributed by atoms with Crippen molar-refractivity contribution in [2.45, 2.75) is 105 Å². The third-order valence-corrected chi connectivity index (χ3v) is 4.93. The van der Waals surface area contributed by atoms with Gasteiger partial charge in [-0.2, -0.15) is 0 Å². The van der Waals surface area contributed by atoms with E-state index in [1.807, 2.05) is 0 Å². The summed E-state index contributed by atoms with van der Waals surface area (Å²) in [7, 11) is 0. The number of benzene rings is 2. The van der Waals surface area contributed by atoms with Crippen LogP contribution >= 0.6 is 0 Å². The van der Waals surface area contributed by atoms with Crippen LogP contribution < -0.4 is 10.2 Å². The average Bonchev–Trinajstić information content (AvgIpc) is 2.87. The Bertz CT molecular complexity index is 617. The Morgan fingerprint density at radius 1 is 0.486 bits per heavy atom. The minimum Gasteiger partial charge on any atom is -0.545 e. The Kier molecular flexibility index (Phi) is 32.6. The molecule has 0 saturated carbocycles. The molecule has 0 aliphatic heterocycles. The van der Waals surface area contributed by atoms with E-state index in [1.54, 1.807) is 36.4 Å². The molecule has 0 unspecified atom stereocenters. The van der Waals surface area contributed by atoms with Crippen LogP contribution in [0.5, 0.6) is 0 Å². The van der Waals surface area contributed by atoms with Crippen molar-refractivity contribution in [3.63, 3.8) is 0 Å². The van der Waals surface area contributed by atoms with Crippen molar-refractivity contribution in [1.29, 1.82) is 0 Å². The molecule has 2 rings (SSSR count). The van der Waals surface area contributed by atoms with Crippen LogP contribution in [-0.4, -0.2) is 35.8 Å². The molecule has 2 radical (unpaired) electrons. The SMILES string of the molecule is CCCCCCCC.CCCCCCCC.O=C([O-])c1ccccc1.O=C([O-])c1ccccc1.[Sn+2]. The molecule has 2 aromatic rings. The van der Waals surface area contributed by atoms with Gasteiger partial charge in [0.1, 0.15) is 0 Å². The fraction of sp³-hybridized carbons (Fsp3) is 0.533. The first-order valence-corrected chi connectivity index (χ1v) is 13.0. The van der Waals surface area contributed by atoms with Gasteiger partial charge in [0.15, 0.2) is 0 Å². The largest absolute Gasteiger partial charge is 2.00 e. The summed E-state index contributed by atoms with van der Waals surface area (Å²) in [5.74, 6) is -2.26. The first kappa shape index (κ1) is 37.7. The summed E-state index contributed by atoms with van der Waals surface area (Å²) in [5.41, 5.74) is 0.440. The van der Waals surface area contributed by atoms with Gasteiger partial charge in [0.05, 0.1) is 11.9 Å². The molecule has 0 spiro atoms. The van der Waals surface area contributed by atoms with Crippen LogP contribution in [0.15, 0.2) is 60.7 Å². The predicted octanol–water partition coefficient (Wildman–Crippen LogP) is 6.45. The van der Waals surface area contributed by atoms with Crippen LogP contribution in [0.1, 0.15) is 125 Å². The van der Waals surface area contributed by atoms with Gasteiger partial charge in [0.25, 0.3) is 0 Å². The third-order valence-electron chi connectivity index (χ3n) is 4.93.